The summed E-state index contributed by atoms with van der Waals surface area (Å²) in [5, 5.41) is 2.85. The molecule has 6 nitrogen and oxygen atoms in total. The summed E-state index contributed by atoms with van der Waals surface area (Å²) in [7, 11) is -4.29. The van der Waals surface area contributed by atoms with Crippen LogP contribution in [0.3, 0.4) is 0 Å². The van der Waals surface area contributed by atoms with E-state index in [4.69, 9.17) is 0 Å². The van der Waals surface area contributed by atoms with Gasteiger partial charge >= 0.3 is 0 Å². The monoisotopic (exact) mass is 423 g/mol. The van der Waals surface area contributed by atoms with E-state index < -0.39 is 32.6 Å². The molecule has 1 fully saturated rings. The minimum absolute atomic E-state index is 0.0399. The molecule has 2 aromatic carbocycles. The zero-order valence-corrected chi connectivity index (χ0v) is 17.0. The van der Waals surface area contributed by atoms with Crippen molar-refractivity contribution < 1.29 is 22.0 Å². The SMILES string of the molecule is Cc1cccc(NC(=O)C(C)N2CCN(S(=O)(=O)c3c(F)cccc3F)CC2)c1. The highest BCUT2D eigenvalue weighted by Crippen LogP contribution is 2.24. The van der Waals surface area contributed by atoms with Crippen molar-refractivity contribution in [3.63, 3.8) is 0 Å². The van der Waals surface area contributed by atoms with Gasteiger partial charge in [-0.15, -0.1) is 0 Å². The van der Waals surface area contributed by atoms with Gasteiger partial charge in [0.05, 0.1) is 6.04 Å². The lowest BCUT2D eigenvalue weighted by Crippen LogP contribution is -2.54. The maximum Gasteiger partial charge on any atom is 0.249 e. The van der Waals surface area contributed by atoms with Crippen molar-refractivity contribution in [3.05, 3.63) is 59.7 Å². The van der Waals surface area contributed by atoms with E-state index in [0.717, 1.165) is 28.1 Å². The molecule has 29 heavy (non-hydrogen) atoms. The summed E-state index contributed by atoms with van der Waals surface area (Å²) in [6.07, 6.45) is 0. The number of nitrogens with one attached hydrogen (secondary N) is 1. The topological polar surface area (TPSA) is 69.7 Å². The minimum Gasteiger partial charge on any atom is -0.325 e. The Bertz CT molecular complexity index is 986. The van der Waals surface area contributed by atoms with Gasteiger partial charge in [0.2, 0.25) is 15.9 Å². The Morgan fingerprint density at radius 1 is 1.03 bits per heavy atom. The second-order valence-corrected chi connectivity index (χ2v) is 8.90. The van der Waals surface area contributed by atoms with E-state index in [0.29, 0.717) is 5.69 Å². The largest absolute Gasteiger partial charge is 0.325 e. The second-order valence-electron chi connectivity index (χ2n) is 7.03. The van der Waals surface area contributed by atoms with E-state index in [-0.39, 0.29) is 32.1 Å². The normalized spacial score (nSPS) is 17.1. The van der Waals surface area contributed by atoms with Crippen molar-refractivity contribution in [1.29, 1.82) is 0 Å². The van der Waals surface area contributed by atoms with E-state index in [1.807, 2.05) is 30.0 Å². The zero-order valence-electron chi connectivity index (χ0n) is 16.2. The van der Waals surface area contributed by atoms with Gasteiger partial charge in [-0.05, 0) is 43.7 Å². The summed E-state index contributed by atoms with van der Waals surface area (Å²) in [5.74, 6) is -2.43. The van der Waals surface area contributed by atoms with Crippen LogP contribution in [0.4, 0.5) is 14.5 Å². The summed E-state index contributed by atoms with van der Waals surface area (Å²) >= 11 is 0. The highest BCUT2D eigenvalue weighted by molar-refractivity contribution is 7.89. The van der Waals surface area contributed by atoms with Gasteiger partial charge in [0, 0.05) is 31.9 Å². The molecule has 1 saturated heterocycles. The lowest BCUT2D eigenvalue weighted by atomic mass is 10.2. The third-order valence-corrected chi connectivity index (χ3v) is 6.95. The van der Waals surface area contributed by atoms with Crippen LogP contribution in [-0.4, -0.2) is 55.8 Å². The first-order valence-electron chi connectivity index (χ1n) is 9.26. The molecular weight excluding hydrogens is 400 g/mol. The van der Waals surface area contributed by atoms with E-state index in [2.05, 4.69) is 5.32 Å². The summed E-state index contributed by atoms with van der Waals surface area (Å²) < 4.78 is 54.2. The van der Waals surface area contributed by atoms with Crippen LogP contribution in [0.5, 0.6) is 0 Å². The predicted molar refractivity (Wildman–Crippen MR) is 106 cm³/mol. The van der Waals surface area contributed by atoms with E-state index in [1.165, 1.54) is 0 Å². The van der Waals surface area contributed by atoms with Crippen LogP contribution in [0.2, 0.25) is 0 Å². The maximum atomic E-state index is 13.9. The van der Waals surface area contributed by atoms with Crippen LogP contribution < -0.4 is 5.32 Å². The first-order valence-corrected chi connectivity index (χ1v) is 10.7. The van der Waals surface area contributed by atoms with Crippen molar-refractivity contribution in [2.24, 2.45) is 0 Å². The molecule has 0 bridgehead atoms. The molecule has 1 heterocycles. The Hall–Kier alpha value is -2.36. The summed E-state index contributed by atoms with van der Waals surface area (Å²) in [6.45, 7) is 4.30. The van der Waals surface area contributed by atoms with Crippen molar-refractivity contribution >= 4 is 21.6 Å². The van der Waals surface area contributed by atoms with Crippen molar-refractivity contribution in [2.75, 3.05) is 31.5 Å². The van der Waals surface area contributed by atoms with Crippen LogP contribution in [0.25, 0.3) is 0 Å². The molecule has 0 aliphatic carbocycles. The Morgan fingerprint density at radius 3 is 2.21 bits per heavy atom. The van der Waals surface area contributed by atoms with Crippen molar-refractivity contribution in [2.45, 2.75) is 24.8 Å². The number of nitrogens with zero attached hydrogens (tertiary/aromatic N) is 2. The second kappa shape index (κ2) is 8.56. The highest BCUT2D eigenvalue weighted by Gasteiger charge is 2.35. The fourth-order valence-corrected chi connectivity index (χ4v) is 4.86. The van der Waals surface area contributed by atoms with Gasteiger partial charge in [-0.3, -0.25) is 9.69 Å². The molecule has 156 valence electrons. The van der Waals surface area contributed by atoms with Crippen LogP contribution in [0, 0.1) is 18.6 Å². The zero-order chi connectivity index (χ0) is 21.2. The molecular formula is C20H23F2N3O3S. The number of rotatable bonds is 5. The number of carbonyl (C=O) groups excluding carboxylic acids is 1. The molecule has 1 unspecified atom stereocenters. The third-order valence-electron chi connectivity index (χ3n) is 5.00. The molecule has 9 heteroatoms. The first kappa shape index (κ1) is 21.4. The van der Waals surface area contributed by atoms with Gasteiger partial charge in [-0.25, -0.2) is 17.2 Å². The molecule has 0 saturated carbocycles. The molecule has 0 aromatic heterocycles. The molecule has 0 spiro atoms. The molecule has 1 aliphatic heterocycles. The number of halogens is 2. The molecule has 3 rings (SSSR count). The fourth-order valence-electron chi connectivity index (χ4n) is 3.32. The number of carbonyl (C=O) groups is 1. The Balaban J connectivity index is 1.64. The van der Waals surface area contributed by atoms with Crippen LogP contribution >= 0.6 is 0 Å². The summed E-state index contributed by atoms with van der Waals surface area (Å²) in [5.41, 5.74) is 1.72. The smallest absolute Gasteiger partial charge is 0.249 e. The van der Waals surface area contributed by atoms with Gasteiger partial charge in [0.15, 0.2) is 4.90 Å². The molecule has 1 aliphatic rings. The Kier molecular flexibility index (Phi) is 6.30. The number of sulfonamides is 1. The number of anilines is 1. The first-order chi connectivity index (χ1) is 13.7. The van der Waals surface area contributed by atoms with Crippen LogP contribution in [-0.2, 0) is 14.8 Å². The number of piperazine rings is 1. The van der Waals surface area contributed by atoms with Crippen LogP contribution in [0.15, 0.2) is 47.4 Å². The van der Waals surface area contributed by atoms with Crippen molar-refractivity contribution in [3.8, 4) is 0 Å². The lowest BCUT2D eigenvalue weighted by molar-refractivity contribution is -0.121. The summed E-state index contributed by atoms with van der Waals surface area (Å²) in [6, 6.07) is 9.91. The molecule has 1 atom stereocenters. The molecule has 0 radical (unpaired) electrons. The predicted octanol–water partition coefficient (Wildman–Crippen LogP) is 2.61. The lowest BCUT2D eigenvalue weighted by Gasteiger charge is -2.36. The number of hydrogen-bond donors (Lipinski definition) is 1. The number of benzene rings is 2. The van der Waals surface area contributed by atoms with Gasteiger partial charge in [-0.1, -0.05) is 18.2 Å². The maximum absolute atomic E-state index is 13.9. The van der Waals surface area contributed by atoms with Crippen molar-refractivity contribution in [1.82, 2.24) is 9.21 Å². The average Bonchev–Trinajstić information content (AvgIpc) is 2.67. The minimum atomic E-state index is -4.29. The quantitative estimate of drug-likeness (QED) is 0.803. The van der Waals surface area contributed by atoms with E-state index in [1.54, 1.807) is 13.0 Å². The Labute approximate surface area is 169 Å². The third kappa shape index (κ3) is 4.63. The number of amides is 1. The molecule has 2 aromatic rings. The average molecular weight is 423 g/mol. The number of aryl methyl sites for hydroxylation is 1. The standard InChI is InChI=1S/C20H23F2N3O3S/c1-14-5-3-6-16(13-14)23-20(26)15(2)24-9-11-25(12-10-24)29(27,28)19-17(21)7-4-8-18(19)22/h3-8,13,15H,9-12H2,1-2H3,(H,23,26). The number of hydrogen-bond acceptors (Lipinski definition) is 4. The van der Waals surface area contributed by atoms with Gasteiger partial charge in [0.1, 0.15) is 11.6 Å². The highest BCUT2D eigenvalue weighted by atomic mass is 32.2. The summed E-state index contributed by atoms with van der Waals surface area (Å²) in [4.78, 5) is 13.4. The van der Waals surface area contributed by atoms with Gasteiger partial charge in [-0.2, -0.15) is 4.31 Å². The van der Waals surface area contributed by atoms with Crippen LogP contribution in [0.1, 0.15) is 12.5 Å². The van der Waals surface area contributed by atoms with Gasteiger partial charge in [0.25, 0.3) is 0 Å². The van der Waals surface area contributed by atoms with E-state index in [9.17, 15) is 22.0 Å². The van der Waals surface area contributed by atoms with Gasteiger partial charge < -0.3 is 5.32 Å². The van der Waals surface area contributed by atoms with E-state index >= 15 is 0 Å². The molecule has 1 amide bonds. The Morgan fingerprint density at radius 2 is 1.62 bits per heavy atom. The fraction of sp³-hybridized carbons (Fsp3) is 0.350. The molecule has 1 N–H and O–H groups in total.